The predicted molar refractivity (Wildman–Crippen MR) is 53.9 cm³/mol. The van der Waals surface area contributed by atoms with Crippen LogP contribution in [0.4, 0.5) is 22.0 Å². The minimum Gasteiger partial charge on any atom is -0.311 e. The van der Waals surface area contributed by atoms with Crippen LogP contribution in [0.25, 0.3) is 0 Å². The van der Waals surface area contributed by atoms with Gasteiger partial charge in [0.25, 0.3) is 0 Å². The van der Waals surface area contributed by atoms with Crippen molar-refractivity contribution in [2.45, 2.75) is 39.0 Å². The fourth-order valence-corrected chi connectivity index (χ4v) is 2.54. The van der Waals surface area contributed by atoms with Crippen molar-refractivity contribution in [3.05, 3.63) is 0 Å². The van der Waals surface area contributed by atoms with E-state index >= 15 is 0 Å². The second-order valence-corrected chi connectivity index (χ2v) is 5.23. The molecule has 0 aromatic rings. The summed E-state index contributed by atoms with van der Waals surface area (Å²) >= 11 is 0. The number of hydrogen-bond donors (Lipinski definition) is 0. The molecule has 18 heavy (non-hydrogen) atoms. The maximum absolute atomic E-state index is 12.6. The monoisotopic (exact) mass is 296 g/mol. The molecule has 0 N–H and O–H groups in total. The van der Waals surface area contributed by atoms with Crippen molar-refractivity contribution < 1.29 is 35.5 Å². The third-order valence-corrected chi connectivity index (χ3v) is 4.03. The lowest BCUT2D eigenvalue weighted by atomic mass is 9.84. The molecule has 1 rings (SSSR count). The van der Waals surface area contributed by atoms with E-state index < -0.39 is 20.9 Å². The van der Waals surface area contributed by atoms with Crippen LogP contribution in [0.3, 0.4) is 0 Å². The molecule has 108 valence electrons. The molecule has 1 heterocycles. The lowest BCUT2D eigenvalue weighted by Gasteiger charge is -2.38. The summed E-state index contributed by atoms with van der Waals surface area (Å²) in [5.41, 5.74) is -0.338. The zero-order valence-electron chi connectivity index (χ0n) is 9.89. The Bertz CT molecular complexity index is 270. The van der Waals surface area contributed by atoms with E-state index in [1.165, 1.54) is 0 Å². The van der Waals surface area contributed by atoms with E-state index in [4.69, 9.17) is 9.05 Å². The lowest BCUT2D eigenvalue weighted by Crippen LogP contribution is -2.40. The second-order valence-electron chi connectivity index (χ2n) is 4.08. The predicted octanol–water partition coefficient (Wildman–Crippen LogP) is 4.24. The molecule has 1 aliphatic heterocycles. The molecule has 0 bridgehead atoms. The van der Waals surface area contributed by atoms with Gasteiger partial charge in [0.15, 0.2) is 0 Å². The quantitative estimate of drug-likeness (QED) is 0.573. The average molecular weight is 296 g/mol. The third kappa shape index (κ3) is 3.50. The molecule has 3 nitrogen and oxygen atoms in total. The van der Waals surface area contributed by atoms with E-state index in [-0.39, 0.29) is 18.6 Å². The van der Waals surface area contributed by atoms with E-state index in [9.17, 15) is 22.0 Å². The summed E-state index contributed by atoms with van der Waals surface area (Å²) in [6.07, 6.45) is -9.66. The molecule has 0 aromatic heterocycles. The van der Waals surface area contributed by atoms with Crippen LogP contribution in [0.2, 0.25) is 0 Å². The van der Waals surface area contributed by atoms with Crippen LogP contribution in [0.15, 0.2) is 0 Å². The van der Waals surface area contributed by atoms with Crippen molar-refractivity contribution in [1.82, 2.24) is 0 Å². The molecule has 0 unspecified atom stereocenters. The summed E-state index contributed by atoms with van der Waals surface area (Å²) in [6.45, 7) is 3.85. The highest BCUT2D eigenvalue weighted by atomic mass is 31.2. The van der Waals surface area contributed by atoms with Gasteiger partial charge in [0.2, 0.25) is 0 Å². The van der Waals surface area contributed by atoms with Gasteiger partial charge in [0.05, 0.1) is 13.2 Å². The maximum Gasteiger partial charge on any atom is 0.483 e. The Morgan fingerprint density at radius 3 is 1.83 bits per heavy atom. The molecule has 1 fully saturated rings. The van der Waals surface area contributed by atoms with Crippen molar-refractivity contribution in [2.24, 2.45) is 5.41 Å². The Labute approximate surface area is 103 Å². The molecular weight excluding hydrogens is 282 g/mol. The minimum absolute atomic E-state index is 0.0552. The van der Waals surface area contributed by atoms with Crippen molar-refractivity contribution in [2.75, 3.05) is 13.2 Å². The molecule has 0 spiro atoms. The van der Waals surface area contributed by atoms with E-state index in [1.54, 1.807) is 0 Å². The molecule has 0 amide bonds. The fourth-order valence-electron chi connectivity index (χ4n) is 1.31. The Kier molecular flexibility index (Phi) is 4.92. The lowest BCUT2D eigenvalue weighted by molar-refractivity contribution is -0.364. The normalized spacial score (nSPS) is 22.2. The fraction of sp³-hybridized carbons (Fsp3) is 1.00. The van der Waals surface area contributed by atoms with E-state index in [1.807, 2.05) is 13.8 Å². The molecule has 0 aliphatic carbocycles. The van der Waals surface area contributed by atoms with Gasteiger partial charge in [-0.3, -0.25) is 0 Å². The summed E-state index contributed by atoms with van der Waals surface area (Å²) in [6, 6.07) is 0. The van der Waals surface area contributed by atoms with Crippen LogP contribution in [-0.4, -0.2) is 25.5 Å². The van der Waals surface area contributed by atoms with Crippen LogP contribution in [0.1, 0.15) is 26.7 Å². The highest BCUT2D eigenvalue weighted by Gasteiger charge is 2.62. The van der Waals surface area contributed by atoms with Gasteiger partial charge in [-0.1, -0.05) is 13.8 Å². The van der Waals surface area contributed by atoms with Gasteiger partial charge >= 0.3 is 20.9 Å². The van der Waals surface area contributed by atoms with Gasteiger partial charge in [-0.15, -0.1) is 0 Å². The van der Waals surface area contributed by atoms with Crippen LogP contribution >= 0.6 is 8.60 Å². The first-order chi connectivity index (χ1) is 8.16. The molecule has 0 atom stereocenters. The molecular formula is C9H14F5O3P. The van der Waals surface area contributed by atoms with Gasteiger partial charge in [-0.05, 0) is 12.8 Å². The van der Waals surface area contributed by atoms with Gasteiger partial charge in [0, 0.05) is 5.41 Å². The highest BCUT2D eigenvalue weighted by Crippen LogP contribution is 2.54. The Balaban J connectivity index is 2.55. The molecule has 9 heteroatoms. The summed E-state index contributed by atoms with van der Waals surface area (Å²) in [5, 5.41) is 0. The van der Waals surface area contributed by atoms with E-state index in [0.29, 0.717) is 12.8 Å². The van der Waals surface area contributed by atoms with E-state index in [0.717, 1.165) is 0 Å². The number of rotatable bonds is 4. The zero-order valence-corrected chi connectivity index (χ0v) is 10.8. The summed E-state index contributed by atoms with van der Waals surface area (Å²) in [4.78, 5) is 0. The molecule has 1 saturated heterocycles. The summed E-state index contributed by atoms with van der Waals surface area (Å²) < 4.78 is 74.1. The number of hydrogen-bond acceptors (Lipinski definition) is 3. The standard InChI is InChI=1S/C9H14F5O3P/c1-3-7(4-2)5-15-18(16-6-7)17-9(13,14)8(10,11)12/h3-6H2,1-2H3. The SMILES string of the molecule is CCC1(CC)COP(OC(F)(F)C(F)(F)F)OC1. The van der Waals surface area contributed by atoms with Crippen molar-refractivity contribution in [3.8, 4) is 0 Å². The average Bonchev–Trinajstić information content (AvgIpc) is 2.29. The number of halogens is 5. The van der Waals surface area contributed by atoms with Gasteiger partial charge in [-0.25, -0.2) is 4.52 Å². The minimum atomic E-state index is -5.77. The first-order valence-corrected chi connectivity index (χ1v) is 6.45. The highest BCUT2D eigenvalue weighted by molar-refractivity contribution is 7.41. The van der Waals surface area contributed by atoms with E-state index in [2.05, 4.69) is 4.52 Å². The Hall–Kier alpha value is -0.0400. The van der Waals surface area contributed by atoms with Crippen LogP contribution < -0.4 is 0 Å². The largest absolute Gasteiger partial charge is 0.483 e. The number of alkyl halides is 5. The zero-order chi connectivity index (χ0) is 14.0. The second kappa shape index (κ2) is 5.53. The smallest absolute Gasteiger partial charge is 0.311 e. The van der Waals surface area contributed by atoms with Gasteiger partial charge in [0.1, 0.15) is 0 Å². The first-order valence-electron chi connectivity index (χ1n) is 5.35. The van der Waals surface area contributed by atoms with Crippen LogP contribution in [0, 0.1) is 5.41 Å². The molecule has 1 aliphatic rings. The molecule has 0 aromatic carbocycles. The van der Waals surface area contributed by atoms with Gasteiger partial charge in [-0.2, -0.15) is 22.0 Å². The Morgan fingerprint density at radius 1 is 1.06 bits per heavy atom. The maximum atomic E-state index is 12.6. The molecule has 0 saturated carbocycles. The topological polar surface area (TPSA) is 27.7 Å². The van der Waals surface area contributed by atoms with Crippen molar-refractivity contribution >= 4 is 8.60 Å². The van der Waals surface area contributed by atoms with Gasteiger partial charge < -0.3 is 9.05 Å². The van der Waals surface area contributed by atoms with Crippen LogP contribution in [0.5, 0.6) is 0 Å². The first kappa shape index (κ1) is 16.0. The van der Waals surface area contributed by atoms with Crippen molar-refractivity contribution in [1.29, 1.82) is 0 Å². The van der Waals surface area contributed by atoms with Crippen LogP contribution in [-0.2, 0) is 13.6 Å². The Morgan fingerprint density at radius 2 is 1.50 bits per heavy atom. The summed E-state index contributed by atoms with van der Waals surface area (Å²) in [5.74, 6) is 0. The van der Waals surface area contributed by atoms with Crippen molar-refractivity contribution in [3.63, 3.8) is 0 Å². The summed E-state index contributed by atoms with van der Waals surface area (Å²) in [7, 11) is -2.66. The molecule has 0 radical (unpaired) electrons. The third-order valence-electron chi connectivity index (χ3n) is 2.97.